The molecule has 3 nitrogen and oxygen atoms in total. The first kappa shape index (κ1) is 14.2. The van der Waals surface area contributed by atoms with Crippen LogP contribution in [-0.4, -0.2) is 24.7 Å². The van der Waals surface area contributed by atoms with Gasteiger partial charge in [-0.3, -0.25) is 4.98 Å². The van der Waals surface area contributed by atoms with Crippen LogP contribution in [0.1, 0.15) is 30.1 Å². The number of nitrogens with one attached hydrogen (secondary N) is 1. The van der Waals surface area contributed by atoms with E-state index in [-0.39, 0.29) is 6.04 Å². The summed E-state index contributed by atoms with van der Waals surface area (Å²) in [5.41, 5.74) is 2.35. The van der Waals surface area contributed by atoms with Gasteiger partial charge in [0.1, 0.15) is 0 Å². The van der Waals surface area contributed by atoms with Gasteiger partial charge in [-0.25, -0.2) is 0 Å². The Balaban J connectivity index is 1.73. The number of rotatable bonds is 5. The third-order valence-electron chi connectivity index (χ3n) is 4.07. The van der Waals surface area contributed by atoms with Gasteiger partial charge in [0.25, 0.3) is 0 Å². The molecule has 2 heterocycles. The Morgan fingerprint density at radius 2 is 1.81 bits per heavy atom. The second-order valence-corrected chi connectivity index (χ2v) is 5.56. The molecule has 1 aliphatic heterocycles. The Morgan fingerprint density at radius 1 is 1.05 bits per heavy atom. The number of aromatic nitrogens is 1. The molecule has 1 saturated heterocycles. The highest BCUT2D eigenvalue weighted by Gasteiger charge is 2.18. The lowest BCUT2D eigenvalue weighted by atomic mass is 9.98. The SMILES string of the molecule is c1ccc(C(NCC2CCOCC2)c2ccccn2)cc1. The van der Waals surface area contributed by atoms with Crippen LogP contribution in [0.15, 0.2) is 54.7 Å². The molecule has 0 spiro atoms. The lowest BCUT2D eigenvalue weighted by Gasteiger charge is -2.26. The highest BCUT2D eigenvalue weighted by Crippen LogP contribution is 2.21. The molecule has 1 fully saturated rings. The molecule has 0 bridgehead atoms. The summed E-state index contributed by atoms with van der Waals surface area (Å²) in [7, 11) is 0. The van der Waals surface area contributed by atoms with Gasteiger partial charge in [-0.15, -0.1) is 0 Å². The maximum Gasteiger partial charge on any atom is 0.0751 e. The minimum atomic E-state index is 0.162. The summed E-state index contributed by atoms with van der Waals surface area (Å²) in [5.74, 6) is 0.702. The van der Waals surface area contributed by atoms with E-state index in [1.54, 1.807) is 0 Å². The zero-order valence-corrected chi connectivity index (χ0v) is 12.2. The van der Waals surface area contributed by atoms with Crippen LogP contribution in [0.4, 0.5) is 0 Å². The van der Waals surface area contributed by atoms with Crippen LogP contribution in [-0.2, 0) is 4.74 Å². The van der Waals surface area contributed by atoms with Crippen molar-refractivity contribution in [1.82, 2.24) is 10.3 Å². The van der Waals surface area contributed by atoms with E-state index in [0.717, 1.165) is 38.3 Å². The smallest absolute Gasteiger partial charge is 0.0751 e. The summed E-state index contributed by atoms with van der Waals surface area (Å²) in [6.07, 6.45) is 4.16. The summed E-state index contributed by atoms with van der Waals surface area (Å²) in [6, 6.07) is 16.8. The van der Waals surface area contributed by atoms with E-state index < -0.39 is 0 Å². The maximum absolute atomic E-state index is 5.44. The summed E-state index contributed by atoms with van der Waals surface area (Å²) in [6.45, 7) is 2.80. The molecule has 3 heteroatoms. The highest BCUT2D eigenvalue weighted by molar-refractivity contribution is 5.27. The molecule has 0 amide bonds. The molecule has 1 unspecified atom stereocenters. The Hall–Kier alpha value is -1.71. The van der Waals surface area contributed by atoms with Gasteiger partial charge < -0.3 is 10.1 Å². The summed E-state index contributed by atoms with van der Waals surface area (Å²) >= 11 is 0. The van der Waals surface area contributed by atoms with Gasteiger partial charge in [0.2, 0.25) is 0 Å². The first-order chi connectivity index (χ1) is 10.4. The molecule has 0 saturated carbocycles. The van der Waals surface area contributed by atoms with Crippen LogP contribution in [0.3, 0.4) is 0 Å². The van der Waals surface area contributed by atoms with Crippen LogP contribution < -0.4 is 5.32 Å². The van der Waals surface area contributed by atoms with Crippen molar-refractivity contribution in [3.8, 4) is 0 Å². The molecule has 2 aromatic rings. The van der Waals surface area contributed by atoms with Gasteiger partial charge in [-0.2, -0.15) is 0 Å². The molecule has 110 valence electrons. The van der Waals surface area contributed by atoms with Gasteiger partial charge in [0.05, 0.1) is 11.7 Å². The molecule has 1 aromatic carbocycles. The number of benzene rings is 1. The van der Waals surface area contributed by atoms with Crippen molar-refractivity contribution >= 4 is 0 Å². The zero-order valence-electron chi connectivity index (χ0n) is 12.2. The monoisotopic (exact) mass is 282 g/mol. The number of hydrogen-bond donors (Lipinski definition) is 1. The number of hydrogen-bond acceptors (Lipinski definition) is 3. The fraction of sp³-hybridized carbons (Fsp3) is 0.389. The third kappa shape index (κ3) is 3.90. The fourth-order valence-corrected chi connectivity index (χ4v) is 2.82. The van der Waals surface area contributed by atoms with Crippen LogP contribution in [0.25, 0.3) is 0 Å². The van der Waals surface area contributed by atoms with E-state index in [9.17, 15) is 0 Å². The molecule has 1 aliphatic rings. The Bertz CT molecular complexity index is 484. The molecular weight excluding hydrogens is 260 g/mol. The van der Waals surface area contributed by atoms with Crippen molar-refractivity contribution in [3.05, 3.63) is 66.0 Å². The van der Waals surface area contributed by atoms with Gasteiger partial charge in [-0.05, 0) is 43.0 Å². The fourth-order valence-electron chi connectivity index (χ4n) is 2.82. The molecule has 0 aliphatic carbocycles. The molecule has 1 aromatic heterocycles. The van der Waals surface area contributed by atoms with E-state index in [1.807, 2.05) is 12.3 Å². The average Bonchev–Trinajstić information content (AvgIpc) is 2.58. The molecule has 1 N–H and O–H groups in total. The first-order valence-corrected chi connectivity index (χ1v) is 7.70. The number of pyridine rings is 1. The summed E-state index contributed by atoms with van der Waals surface area (Å²) < 4.78 is 5.44. The van der Waals surface area contributed by atoms with Gasteiger partial charge in [-0.1, -0.05) is 36.4 Å². The van der Waals surface area contributed by atoms with E-state index in [0.29, 0.717) is 5.92 Å². The topological polar surface area (TPSA) is 34.1 Å². The highest BCUT2D eigenvalue weighted by atomic mass is 16.5. The van der Waals surface area contributed by atoms with Crippen molar-refractivity contribution in [2.45, 2.75) is 18.9 Å². The Morgan fingerprint density at radius 3 is 2.52 bits per heavy atom. The molecular formula is C18H22N2O. The predicted molar refractivity (Wildman–Crippen MR) is 84.1 cm³/mol. The van der Waals surface area contributed by atoms with Crippen molar-refractivity contribution in [1.29, 1.82) is 0 Å². The lowest BCUT2D eigenvalue weighted by Crippen LogP contribution is -2.31. The lowest BCUT2D eigenvalue weighted by molar-refractivity contribution is 0.0657. The molecule has 21 heavy (non-hydrogen) atoms. The quantitative estimate of drug-likeness (QED) is 0.914. The molecule has 1 atom stereocenters. The van der Waals surface area contributed by atoms with Crippen LogP contribution in [0, 0.1) is 5.92 Å². The van der Waals surface area contributed by atoms with Crippen LogP contribution >= 0.6 is 0 Å². The minimum absolute atomic E-state index is 0.162. The van der Waals surface area contributed by atoms with Gasteiger partial charge in [0, 0.05) is 19.4 Å². The van der Waals surface area contributed by atoms with E-state index >= 15 is 0 Å². The van der Waals surface area contributed by atoms with Gasteiger partial charge >= 0.3 is 0 Å². The number of ether oxygens (including phenoxy) is 1. The number of nitrogens with zero attached hydrogens (tertiary/aromatic N) is 1. The normalized spacial score (nSPS) is 17.5. The standard InChI is InChI=1S/C18H22N2O/c1-2-6-16(7-3-1)18(17-8-4-5-11-19-17)20-14-15-9-12-21-13-10-15/h1-8,11,15,18,20H,9-10,12-14H2. The van der Waals surface area contributed by atoms with Crippen molar-refractivity contribution in [3.63, 3.8) is 0 Å². The average molecular weight is 282 g/mol. The van der Waals surface area contributed by atoms with E-state index in [4.69, 9.17) is 4.74 Å². The largest absolute Gasteiger partial charge is 0.381 e. The van der Waals surface area contributed by atoms with E-state index in [2.05, 4.69) is 52.8 Å². The summed E-state index contributed by atoms with van der Waals surface area (Å²) in [4.78, 5) is 4.53. The molecule has 3 rings (SSSR count). The second-order valence-electron chi connectivity index (χ2n) is 5.56. The van der Waals surface area contributed by atoms with Crippen molar-refractivity contribution in [2.75, 3.05) is 19.8 Å². The molecule has 0 radical (unpaired) electrons. The van der Waals surface area contributed by atoms with Crippen LogP contribution in [0.2, 0.25) is 0 Å². The van der Waals surface area contributed by atoms with Gasteiger partial charge in [0.15, 0.2) is 0 Å². The maximum atomic E-state index is 5.44. The third-order valence-corrected chi connectivity index (χ3v) is 4.07. The van der Waals surface area contributed by atoms with Crippen LogP contribution in [0.5, 0.6) is 0 Å². The van der Waals surface area contributed by atoms with E-state index in [1.165, 1.54) is 5.56 Å². The minimum Gasteiger partial charge on any atom is -0.381 e. The second kappa shape index (κ2) is 7.34. The van der Waals surface area contributed by atoms with Crippen molar-refractivity contribution in [2.24, 2.45) is 5.92 Å². The summed E-state index contributed by atoms with van der Waals surface area (Å²) in [5, 5.41) is 3.70. The Kier molecular flexibility index (Phi) is 4.98. The predicted octanol–water partition coefficient (Wildman–Crippen LogP) is 3.19. The first-order valence-electron chi connectivity index (χ1n) is 7.70. The zero-order chi connectivity index (χ0) is 14.3. The van der Waals surface area contributed by atoms with Crippen molar-refractivity contribution < 1.29 is 4.74 Å². The Labute approximate surface area is 126 Å².